The van der Waals surface area contributed by atoms with Gasteiger partial charge in [-0.15, -0.1) is 0 Å². The number of nitrogens with zero attached hydrogens (tertiary/aromatic N) is 1. The summed E-state index contributed by atoms with van der Waals surface area (Å²) in [4.78, 5) is 2.23. The maximum Gasteiger partial charge on any atom is 0.241 e. The van der Waals surface area contributed by atoms with Crippen LogP contribution in [0.1, 0.15) is 12.8 Å². The molecule has 1 atom stereocenters. The number of rotatable bonds is 3. The van der Waals surface area contributed by atoms with Crippen LogP contribution in [0.4, 0.5) is 8.78 Å². The van der Waals surface area contributed by atoms with Crippen molar-refractivity contribution in [2.75, 3.05) is 26.2 Å². The molecule has 0 saturated carbocycles. The van der Waals surface area contributed by atoms with E-state index in [4.69, 9.17) is 4.74 Å². The molecule has 2 heterocycles. The molecule has 0 N–H and O–H groups in total. The van der Waals surface area contributed by atoms with Gasteiger partial charge < -0.3 is 9.64 Å². The molecule has 0 amide bonds. The summed E-state index contributed by atoms with van der Waals surface area (Å²) in [6.45, 7) is 3.43. The number of halogens is 2. The van der Waals surface area contributed by atoms with Crippen LogP contribution in [0, 0.1) is 5.92 Å². The van der Waals surface area contributed by atoms with Gasteiger partial charge in [0.2, 0.25) is 6.43 Å². The first-order chi connectivity index (χ1) is 6.25. The molecule has 2 saturated heterocycles. The van der Waals surface area contributed by atoms with E-state index in [1.54, 1.807) is 0 Å². The van der Waals surface area contributed by atoms with Crippen molar-refractivity contribution in [2.24, 2.45) is 5.92 Å². The van der Waals surface area contributed by atoms with E-state index in [0.29, 0.717) is 18.9 Å². The number of hydrogen-bond acceptors (Lipinski definition) is 2. The molecule has 1 unspecified atom stereocenters. The van der Waals surface area contributed by atoms with Crippen LogP contribution < -0.4 is 0 Å². The van der Waals surface area contributed by atoms with Crippen molar-refractivity contribution >= 4 is 0 Å². The number of hydrogen-bond donors (Lipinski definition) is 0. The molecule has 76 valence electrons. The third-order valence-electron chi connectivity index (χ3n) is 2.85. The minimum Gasteiger partial charge on any atom is -0.372 e. The van der Waals surface area contributed by atoms with Gasteiger partial charge in [0, 0.05) is 12.5 Å². The molecule has 0 aromatic carbocycles. The topological polar surface area (TPSA) is 15.8 Å². The molecular weight excluding hydrogens is 176 g/mol. The summed E-state index contributed by atoms with van der Waals surface area (Å²) in [6.07, 6.45) is -0.447. The Morgan fingerprint density at radius 3 is 2.38 bits per heavy atom. The number of ether oxygens (including phenoxy) is 1. The highest BCUT2D eigenvalue weighted by Crippen LogP contribution is 2.24. The van der Waals surface area contributed by atoms with Gasteiger partial charge in [0.05, 0.1) is 12.7 Å². The molecule has 0 bridgehead atoms. The van der Waals surface area contributed by atoms with Crippen LogP contribution in [-0.4, -0.2) is 43.7 Å². The van der Waals surface area contributed by atoms with Gasteiger partial charge in [-0.1, -0.05) is 0 Å². The van der Waals surface area contributed by atoms with Crippen molar-refractivity contribution < 1.29 is 13.5 Å². The molecule has 2 nitrogen and oxygen atoms in total. The normalized spacial score (nSPS) is 31.2. The highest BCUT2D eigenvalue weighted by molar-refractivity contribution is 4.79. The lowest BCUT2D eigenvalue weighted by atomic mass is 9.97. The van der Waals surface area contributed by atoms with Gasteiger partial charge in [0.1, 0.15) is 0 Å². The molecule has 0 radical (unpaired) electrons. The van der Waals surface area contributed by atoms with Crippen LogP contribution in [-0.2, 0) is 4.74 Å². The summed E-state index contributed by atoms with van der Waals surface area (Å²) in [6, 6.07) is 0. The lowest BCUT2D eigenvalue weighted by Crippen LogP contribution is -2.38. The van der Waals surface area contributed by atoms with Crippen molar-refractivity contribution in [2.45, 2.75) is 25.4 Å². The average molecular weight is 191 g/mol. The quantitative estimate of drug-likeness (QED) is 0.626. The Bertz CT molecular complexity index is 165. The molecule has 2 aliphatic rings. The zero-order chi connectivity index (χ0) is 9.26. The standard InChI is InChI=1S/C9H15F2NO/c10-9(11)7-1-3-12(4-2-7)5-8-6-13-8/h7-9H,1-6H2. The molecular formula is C9H15F2NO. The second-order valence-corrected chi connectivity index (χ2v) is 3.93. The first-order valence-corrected chi connectivity index (χ1v) is 4.88. The minimum absolute atomic E-state index is 0.364. The van der Waals surface area contributed by atoms with E-state index in [-0.39, 0.29) is 5.92 Å². The Balaban J connectivity index is 1.69. The summed E-state index contributed by atoms with van der Waals surface area (Å²) < 4.78 is 29.7. The van der Waals surface area contributed by atoms with Crippen LogP contribution in [0.25, 0.3) is 0 Å². The lowest BCUT2D eigenvalue weighted by Gasteiger charge is -2.30. The summed E-state index contributed by atoms with van der Waals surface area (Å²) >= 11 is 0. The monoisotopic (exact) mass is 191 g/mol. The van der Waals surface area contributed by atoms with Gasteiger partial charge >= 0.3 is 0 Å². The molecule has 0 aliphatic carbocycles. The first-order valence-electron chi connectivity index (χ1n) is 4.88. The van der Waals surface area contributed by atoms with Gasteiger partial charge in [-0.25, -0.2) is 8.78 Å². The van der Waals surface area contributed by atoms with Gasteiger partial charge in [-0.05, 0) is 25.9 Å². The summed E-state index contributed by atoms with van der Waals surface area (Å²) in [5, 5.41) is 0. The summed E-state index contributed by atoms with van der Waals surface area (Å²) in [5.74, 6) is -0.364. The lowest BCUT2D eigenvalue weighted by molar-refractivity contribution is 0.0340. The van der Waals surface area contributed by atoms with Crippen LogP contribution in [0.15, 0.2) is 0 Å². The van der Waals surface area contributed by atoms with E-state index in [0.717, 1.165) is 26.2 Å². The van der Waals surface area contributed by atoms with Crippen molar-refractivity contribution in [1.29, 1.82) is 0 Å². The number of likely N-dealkylation sites (tertiary alicyclic amines) is 1. The van der Waals surface area contributed by atoms with E-state index in [2.05, 4.69) is 4.90 Å². The van der Waals surface area contributed by atoms with Crippen LogP contribution in [0.2, 0.25) is 0 Å². The van der Waals surface area contributed by atoms with Gasteiger partial charge in [-0.2, -0.15) is 0 Å². The third kappa shape index (κ3) is 2.61. The van der Waals surface area contributed by atoms with E-state index in [1.807, 2.05) is 0 Å². The third-order valence-corrected chi connectivity index (χ3v) is 2.85. The molecule has 4 heteroatoms. The molecule has 13 heavy (non-hydrogen) atoms. The number of epoxide rings is 1. The first kappa shape index (κ1) is 9.34. The van der Waals surface area contributed by atoms with Gasteiger partial charge in [0.15, 0.2) is 0 Å². The zero-order valence-electron chi connectivity index (χ0n) is 7.59. The van der Waals surface area contributed by atoms with Crippen LogP contribution in [0.5, 0.6) is 0 Å². The van der Waals surface area contributed by atoms with E-state index >= 15 is 0 Å². The highest BCUT2D eigenvalue weighted by Gasteiger charge is 2.30. The summed E-state index contributed by atoms with van der Waals surface area (Å²) in [7, 11) is 0. The van der Waals surface area contributed by atoms with Crippen molar-refractivity contribution in [3.63, 3.8) is 0 Å². The fraction of sp³-hybridized carbons (Fsp3) is 1.00. The molecule has 0 aromatic heterocycles. The van der Waals surface area contributed by atoms with Gasteiger partial charge in [-0.3, -0.25) is 0 Å². The largest absolute Gasteiger partial charge is 0.372 e. The summed E-state index contributed by atoms with van der Waals surface area (Å²) in [5.41, 5.74) is 0. The van der Waals surface area contributed by atoms with Crippen molar-refractivity contribution in [1.82, 2.24) is 4.90 Å². The molecule has 0 aromatic rings. The molecule has 2 aliphatic heterocycles. The Labute approximate surface area is 76.9 Å². The predicted molar refractivity (Wildman–Crippen MR) is 44.9 cm³/mol. The maximum atomic E-state index is 12.3. The minimum atomic E-state index is -2.13. The molecule has 2 fully saturated rings. The van der Waals surface area contributed by atoms with E-state index in [9.17, 15) is 8.78 Å². The predicted octanol–water partition coefficient (Wildman–Crippen LogP) is 1.36. The Morgan fingerprint density at radius 1 is 1.31 bits per heavy atom. The number of piperidine rings is 1. The SMILES string of the molecule is FC(F)C1CCN(CC2CO2)CC1. The maximum absolute atomic E-state index is 12.3. The van der Waals surface area contributed by atoms with E-state index < -0.39 is 6.43 Å². The van der Waals surface area contributed by atoms with Crippen LogP contribution in [0.3, 0.4) is 0 Å². The van der Waals surface area contributed by atoms with Crippen molar-refractivity contribution in [3.8, 4) is 0 Å². The Kier molecular flexibility index (Phi) is 2.79. The second kappa shape index (κ2) is 3.88. The fourth-order valence-electron chi connectivity index (χ4n) is 1.85. The van der Waals surface area contributed by atoms with Crippen molar-refractivity contribution in [3.05, 3.63) is 0 Å². The average Bonchev–Trinajstić information content (AvgIpc) is 2.89. The number of alkyl halides is 2. The van der Waals surface area contributed by atoms with E-state index in [1.165, 1.54) is 0 Å². The Hall–Kier alpha value is -0.220. The smallest absolute Gasteiger partial charge is 0.241 e. The van der Waals surface area contributed by atoms with Crippen LogP contribution >= 0.6 is 0 Å². The Morgan fingerprint density at radius 2 is 1.92 bits per heavy atom. The highest BCUT2D eigenvalue weighted by atomic mass is 19.3. The molecule has 2 rings (SSSR count). The zero-order valence-corrected chi connectivity index (χ0v) is 7.59. The molecule has 0 spiro atoms. The fourth-order valence-corrected chi connectivity index (χ4v) is 1.85. The second-order valence-electron chi connectivity index (χ2n) is 3.93. The van der Waals surface area contributed by atoms with Gasteiger partial charge in [0.25, 0.3) is 0 Å².